The van der Waals surface area contributed by atoms with Gasteiger partial charge < -0.3 is 23.4 Å². The van der Waals surface area contributed by atoms with E-state index in [9.17, 15) is 14.5 Å². The van der Waals surface area contributed by atoms with Crippen molar-refractivity contribution in [2.45, 2.75) is 6.92 Å². The van der Waals surface area contributed by atoms with Gasteiger partial charge in [-0.2, -0.15) is 0 Å². The van der Waals surface area contributed by atoms with Gasteiger partial charge in [-0.05, 0) is 19.1 Å². The van der Waals surface area contributed by atoms with Gasteiger partial charge in [-0.15, -0.1) is 0 Å². The van der Waals surface area contributed by atoms with Gasteiger partial charge in [0.25, 0.3) is 0 Å². The summed E-state index contributed by atoms with van der Waals surface area (Å²) in [5, 5.41) is 0. The summed E-state index contributed by atoms with van der Waals surface area (Å²) in [7, 11) is -3.66. The van der Waals surface area contributed by atoms with Crippen molar-refractivity contribution in [1.29, 1.82) is 0 Å². The number of hydrogen-bond acceptors (Lipinski definition) is 7. The summed E-state index contributed by atoms with van der Waals surface area (Å²) < 4.78 is 19.6. The van der Waals surface area contributed by atoms with Crippen molar-refractivity contribution in [1.82, 2.24) is 0 Å². The van der Waals surface area contributed by atoms with Crippen molar-refractivity contribution in [3.8, 4) is 5.75 Å². The Morgan fingerprint density at radius 3 is 2.60 bits per heavy atom. The van der Waals surface area contributed by atoms with E-state index in [0.717, 1.165) is 0 Å². The molecule has 1 fully saturated rings. The molecule has 2 rings (SSSR count). The number of ether oxygens (including phenoxy) is 2. The molecule has 0 saturated carbocycles. The number of benzene rings is 1. The number of rotatable bonds is 4. The topological polar surface area (TPSA) is 91.3 Å². The first-order valence-corrected chi connectivity index (χ1v) is 7.54. The molecule has 0 unspecified atom stereocenters. The molecule has 20 heavy (non-hydrogen) atoms. The average Bonchev–Trinajstić information content (AvgIpc) is 2.88. The van der Waals surface area contributed by atoms with Crippen molar-refractivity contribution in [2.75, 3.05) is 19.8 Å². The van der Waals surface area contributed by atoms with Crippen molar-refractivity contribution < 1.29 is 33.0 Å². The molecule has 0 amide bonds. The zero-order valence-corrected chi connectivity index (χ0v) is 11.7. The van der Waals surface area contributed by atoms with Crippen LogP contribution in [0, 0.1) is 0 Å². The van der Waals surface area contributed by atoms with E-state index >= 15 is 0 Å². The first kappa shape index (κ1) is 14.9. The lowest BCUT2D eigenvalue weighted by atomic mass is 10.2. The highest BCUT2D eigenvalue weighted by molar-refractivity contribution is 7.77. The van der Waals surface area contributed by atoms with E-state index in [-0.39, 0.29) is 31.1 Å². The molecule has 0 aromatic heterocycles. The van der Waals surface area contributed by atoms with Crippen LogP contribution in [0.4, 0.5) is 4.79 Å². The Morgan fingerprint density at radius 1 is 1.30 bits per heavy atom. The molecule has 0 spiro atoms. The van der Waals surface area contributed by atoms with Crippen molar-refractivity contribution in [3.63, 3.8) is 0 Å². The normalized spacial score (nSPS) is 16.7. The maximum absolute atomic E-state index is 11.8. The van der Waals surface area contributed by atoms with Gasteiger partial charge in [0.2, 0.25) is 0 Å². The summed E-state index contributed by atoms with van der Waals surface area (Å²) in [6, 6.07) is 6.08. The van der Waals surface area contributed by atoms with Gasteiger partial charge in [-0.3, -0.25) is 0 Å². The highest BCUT2D eigenvalue weighted by Gasteiger charge is 2.44. The Bertz CT molecular complexity index is 510. The predicted octanol–water partition coefficient (Wildman–Crippen LogP) is 2.16. The van der Waals surface area contributed by atoms with E-state index < -0.39 is 19.6 Å². The number of carbonyl (C=O) groups is 2. The Morgan fingerprint density at radius 2 is 1.95 bits per heavy atom. The van der Waals surface area contributed by atoms with Crippen LogP contribution >= 0.6 is 7.94 Å². The van der Waals surface area contributed by atoms with Gasteiger partial charge in [0, 0.05) is 0 Å². The Labute approximate surface area is 116 Å². The fraction of sp³-hybridized carbons (Fsp3) is 0.333. The van der Waals surface area contributed by atoms with Crippen LogP contribution in [0.5, 0.6) is 5.75 Å². The third kappa shape index (κ3) is 3.13. The Kier molecular flexibility index (Phi) is 4.67. The van der Waals surface area contributed by atoms with Crippen LogP contribution in [0.15, 0.2) is 24.3 Å². The van der Waals surface area contributed by atoms with Crippen molar-refractivity contribution >= 4 is 19.6 Å². The van der Waals surface area contributed by atoms with Crippen LogP contribution in [0.1, 0.15) is 17.3 Å². The third-order valence-corrected chi connectivity index (χ3v) is 4.04. The molecule has 0 aliphatic carbocycles. The molecule has 1 aromatic carbocycles. The van der Waals surface area contributed by atoms with Gasteiger partial charge in [0.05, 0.1) is 19.8 Å². The van der Waals surface area contributed by atoms with E-state index in [0.29, 0.717) is 0 Å². The lowest BCUT2D eigenvalue weighted by Crippen LogP contribution is -2.15. The standard InChI is InChI=1S/C12H14O7P/c1-2-16-11(13)9-5-3-4-6-10(9)19-12(14)20(15)17-7-8-18-20/h3-6,15H,2,7-8H2,1H3. The Hall–Kier alpha value is -1.53. The first-order chi connectivity index (χ1) is 9.57. The molecule has 1 radical (unpaired) electrons. The van der Waals surface area contributed by atoms with Crippen LogP contribution < -0.4 is 4.74 Å². The second kappa shape index (κ2) is 6.28. The van der Waals surface area contributed by atoms with Crippen LogP contribution in [-0.2, 0) is 13.8 Å². The van der Waals surface area contributed by atoms with Crippen LogP contribution in [0.2, 0.25) is 0 Å². The smallest absolute Gasteiger partial charge is 0.409 e. The molecule has 1 aromatic rings. The van der Waals surface area contributed by atoms with Crippen molar-refractivity contribution in [2.24, 2.45) is 0 Å². The fourth-order valence-electron chi connectivity index (χ4n) is 1.55. The zero-order chi connectivity index (χ0) is 14.6. The largest absolute Gasteiger partial charge is 0.462 e. The maximum Gasteiger partial charge on any atom is 0.409 e. The maximum atomic E-state index is 11.8. The fourth-order valence-corrected chi connectivity index (χ4v) is 2.69. The lowest BCUT2D eigenvalue weighted by Gasteiger charge is -2.19. The van der Waals surface area contributed by atoms with E-state index in [4.69, 9.17) is 18.5 Å². The van der Waals surface area contributed by atoms with Gasteiger partial charge in [0.1, 0.15) is 11.3 Å². The second-order valence-corrected chi connectivity index (χ2v) is 5.69. The summed E-state index contributed by atoms with van der Waals surface area (Å²) in [5.41, 5.74) is -0.944. The molecule has 1 aliphatic heterocycles. The molecule has 1 N–H and O–H groups in total. The van der Waals surface area contributed by atoms with Gasteiger partial charge in [0.15, 0.2) is 0 Å². The van der Waals surface area contributed by atoms with Crippen LogP contribution in [0.25, 0.3) is 0 Å². The first-order valence-electron chi connectivity index (χ1n) is 5.96. The third-order valence-electron chi connectivity index (χ3n) is 2.43. The molecule has 1 heterocycles. The minimum Gasteiger partial charge on any atom is -0.462 e. The molecular formula is C12H14O7P. The van der Waals surface area contributed by atoms with Gasteiger partial charge >= 0.3 is 19.6 Å². The molecule has 7 nitrogen and oxygen atoms in total. The molecule has 1 aliphatic rings. The zero-order valence-electron chi connectivity index (χ0n) is 10.8. The molecule has 109 valence electrons. The second-order valence-electron chi connectivity index (χ2n) is 3.77. The summed E-state index contributed by atoms with van der Waals surface area (Å²) in [6.45, 7) is 2.11. The number of hydrogen-bond donors (Lipinski definition) is 1. The average molecular weight is 301 g/mol. The summed E-state index contributed by atoms with van der Waals surface area (Å²) >= 11 is 0. The highest BCUT2D eigenvalue weighted by Crippen LogP contribution is 2.61. The number of carbonyl (C=O) groups excluding carboxylic acids is 2. The molecule has 0 bridgehead atoms. The van der Waals surface area contributed by atoms with E-state index in [1.54, 1.807) is 19.1 Å². The molecular weight excluding hydrogens is 287 g/mol. The quantitative estimate of drug-likeness (QED) is 0.673. The minimum absolute atomic E-state index is 0.0107. The highest BCUT2D eigenvalue weighted by atomic mass is 31.2. The monoisotopic (exact) mass is 301 g/mol. The molecule has 8 heteroatoms. The van der Waals surface area contributed by atoms with Crippen LogP contribution in [-0.4, -0.2) is 36.4 Å². The lowest BCUT2D eigenvalue weighted by molar-refractivity contribution is 0.0523. The van der Waals surface area contributed by atoms with Gasteiger partial charge in [-0.1, -0.05) is 12.1 Å². The summed E-state index contributed by atoms with van der Waals surface area (Å²) in [4.78, 5) is 33.4. The number of para-hydroxylation sites is 1. The SMILES string of the molecule is CCOC(=O)c1ccccc1OC(=O)[P]1(O)OCCO1. The van der Waals surface area contributed by atoms with E-state index in [1.165, 1.54) is 12.1 Å². The van der Waals surface area contributed by atoms with Crippen LogP contribution in [0.3, 0.4) is 0 Å². The summed E-state index contributed by atoms with van der Waals surface area (Å²) in [6.07, 6.45) is 0. The van der Waals surface area contributed by atoms with E-state index in [2.05, 4.69) is 0 Å². The number of esters is 1. The van der Waals surface area contributed by atoms with Crippen molar-refractivity contribution in [3.05, 3.63) is 29.8 Å². The summed E-state index contributed by atoms with van der Waals surface area (Å²) in [5.74, 6) is -0.627. The minimum atomic E-state index is -3.66. The molecule has 0 atom stereocenters. The van der Waals surface area contributed by atoms with E-state index in [1.807, 2.05) is 0 Å². The van der Waals surface area contributed by atoms with Gasteiger partial charge in [-0.25, -0.2) is 9.59 Å². The molecule has 1 saturated heterocycles. The predicted molar refractivity (Wildman–Crippen MR) is 69.5 cm³/mol. The Balaban J connectivity index is 2.17.